The van der Waals surface area contributed by atoms with Crippen molar-refractivity contribution in [2.45, 2.75) is 38.5 Å². The van der Waals surface area contributed by atoms with Crippen molar-refractivity contribution < 1.29 is 0 Å². The zero-order valence-corrected chi connectivity index (χ0v) is 12.0. The molecule has 1 heterocycles. The van der Waals surface area contributed by atoms with Crippen LogP contribution in [0.25, 0.3) is 0 Å². The fourth-order valence-electron chi connectivity index (χ4n) is 6.07. The van der Waals surface area contributed by atoms with Crippen LogP contribution in [0.3, 0.4) is 0 Å². The minimum Gasteiger partial charge on any atom is -0.261 e. The molecular weight excluding hydrogens is 242 g/mol. The summed E-state index contributed by atoms with van der Waals surface area (Å²) >= 11 is 0. The lowest BCUT2D eigenvalue weighted by atomic mass is 9.60. The van der Waals surface area contributed by atoms with Crippen LogP contribution in [0.1, 0.15) is 37.8 Å². The molecule has 6 atom stereocenters. The Hall–Kier alpha value is -1.11. The third-order valence-electron chi connectivity index (χ3n) is 6.95. The quantitative estimate of drug-likeness (QED) is 0.742. The number of nitrogens with zero attached hydrogens (tertiary/aromatic N) is 1. The normalized spacial score (nSPS) is 47.1. The molecule has 0 radical (unpaired) electrons. The van der Waals surface area contributed by atoms with Gasteiger partial charge in [-0.25, -0.2) is 0 Å². The van der Waals surface area contributed by atoms with Gasteiger partial charge in [-0.15, -0.1) is 0 Å². The Balaban J connectivity index is 1.23. The lowest BCUT2D eigenvalue weighted by Gasteiger charge is -2.44. The highest BCUT2D eigenvalue weighted by Gasteiger charge is 2.75. The minimum atomic E-state index is 0.869. The number of hydrogen-bond acceptors (Lipinski definition) is 1. The van der Waals surface area contributed by atoms with E-state index in [1.807, 2.05) is 12.3 Å². The average molecular weight is 265 g/mol. The summed E-state index contributed by atoms with van der Waals surface area (Å²) in [6, 6.07) is 6.23. The maximum atomic E-state index is 4.41. The molecule has 104 valence electrons. The second-order valence-electron chi connectivity index (χ2n) is 7.71. The average Bonchev–Trinajstić information content (AvgIpc) is 3.15. The van der Waals surface area contributed by atoms with E-state index in [1.54, 1.807) is 25.7 Å². The molecule has 1 aromatic heterocycles. The first-order valence-electron chi connectivity index (χ1n) is 8.43. The molecule has 4 aliphatic rings. The van der Waals surface area contributed by atoms with E-state index >= 15 is 0 Å². The molecule has 4 aliphatic carbocycles. The monoisotopic (exact) mass is 265 g/mol. The van der Waals surface area contributed by atoms with Crippen molar-refractivity contribution in [1.82, 2.24) is 4.98 Å². The molecule has 1 spiro atoms. The molecule has 1 aromatic rings. The Labute approximate surface area is 121 Å². The van der Waals surface area contributed by atoms with Crippen LogP contribution in [0.4, 0.5) is 0 Å². The van der Waals surface area contributed by atoms with Crippen molar-refractivity contribution in [3.05, 3.63) is 42.2 Å². The van der Waals surface area contributed by atoms with Gasteiger partial charge < -0.3 is 0 Å². The molecule has 0 aliphatic heterocycles. The molecule has 0 aromatic carbocycles. The predicted molar refractivity (Wildman–Crippen MR) is 80.0 cm³/mol. The molecule has 5 rings (SSSR count). The van der Waals surface area contributed by atoms with Crippen LogP contribution >= 0.6 is 0 Å². The van der Waals surface area contributed by atoms with Gasteiger partial charge in [0, 0.05) is 11.9 Å². The number of aromatic nitrogens is 1. The zero-order chi connectivity index (χ0) is 13.2. The summed E-state index contributed by atoms with van der Waals surface area (Å²) in [5.41, 5.74) is 2.10. The fraction of sp³-hybridized carbons (Fsp3) is 0.632. The van der Waals surface area contributed by atoms with Gasteiger partial charge in [-0.3, -0.25) is 4.98 Å². The lowest BCUT2D eigenvalue weighted by Crippen LogP contribution is -2.38. The Kier molecular flexibility index (Phi) is 2.29. The highest BCUT2D eigenvalue weighted by molar-refractivity contribution is 5.26. The number of aryl methyl sites for hydroxylation is 1. The van der Waals surface area contributed by atoms with E-state index in [4.69, 9.17) is 0 Å². The summed E-state index contributed by atoms with van der Waals surface area (Å²) in [5.74, 6) is 5.35. The summed E-state index contributed by atoms with van der Waals surface area (Å²) < 4.78 is 0. The van der Waals surface area contributed by atoms with Gasteiger partial charge in [-0.2, -0.15) is 0 Å². The van der Waals surface area contributed by atoms with Crippen LogP contribution in [0.15, 0.2) is 36.5 Å². The Morgan fingerprint density at radius 2 is 2.15 bits per heavy atom. The van der Waals surface area contributed by atoms with Crippen LogP contribution < -0.4 is 0 Å². The van der Waals surface area contributed by atoms with Crippen molar-refractivity contribution in [2.24, 2.45) is 35.0 Å². The van der Waals surface area contributed by atoms with Crippen LogP contribution in [0.5, 0.6) is 0 Å². The van der Waals surface area contributed by atoms with Gasteiger partial charge in [0.05, 0.1) is 0 Å². The lowest BCUT2D eigenvalue weighted by molar-refractivity contribution is 0.0458. The molecule has 0 N–H and O–H groups in total. The Morgan fingerprint density at radius 1 is 1.15 bits per heavy atom. The van der Waals surface area contributed by atoms with Crippen LogP contribution in [0, 0.1) is 35.0 Å². The van der Waals surface area contributed by atoms with E-state index < -0.39 is 0 Å². The molecular formula is C19H23N. The molecule has 1 nitrogen and oxygen atoms in total. The minimum absolute atomic E-state index is 0.869. The number of allylic oxidation sites excluding steroid dienone is 2. The van der Waals surface area contributed by atoms with Crippen LogP contribution in [0.2, 0.25) is 0 Å². The Morgan fingerprint density at radius 3 is 3.05 bits per heavy atom. The van der Waals surface area contributed by atoms with Gasteiger partial charge in [0.1, 0.15) is 0 Å². The van der Waals surface area contributed by atoms with Gasteiger partial charge in [-0.05, 0) is 85.7 Å². The zero-order valence-electron chi connectivity index (χ0n) is 12.0. The number of pyridine rings is 1. The molecule has 0 amide bonds. The van der Waals surface area contributed by atoms with Crippen LogP contribution in [-0.2, 0) is 6.42 Å². The van der Waals surface area contributed by atoms with Gasteiger partial charge in [0.2, 0.25) is 0 Å². The van der Waals surface area contributed by atoms with E-state index in [9.17, 15) is 0 Å². The SMILES string of the molecule is C(=C\C1C2CC3CC4(CC14)C3C2)/CCc1ccccn1. The van der Waals surface area contributed by atoms with E-state index in [0.29, 0.717) is 0 Å². The standard InChI is InChI=1S/C19H23N/c1(5-15-6-3-4-8-20-15)2-7-16-13-9-14-11-19(12-18(16)19)17(14)10-13/h2-4,6-8,13-14,16-18H,1,5,9-12H2/b7-2+. The third-order valence-corrected chi connectivity index (χ3v) is 6.95. The van der Waals surface area contributed by atoms with Gasteiger partial charge in [0.15, 0.2) is 0 Å². The second kappa shape index (κ2) is 3.96. The number of hydrogen-bond donors (Lipinski definition) is 0. The molecule has 6 unspecified atom stereocenters. The van der Waals surface area contributed by atoms with E-state index in [1.165, 1.54) is 5.69 Å². The number of rotatable bonds is 4. The molecule has 1 heteroatoms. The van der Waals surface area contributed by atoms with Crippen molar-refractivity contribution in [3.63, 3.8) is 0 Å². The molecule has 0 saturated heterocycles. The maximum absolute atomic E-state index is 4.41. The number of fused-ring (bicyclic) bond motifs is 1. The topological polar surface area (TPSA) is 12.9 Å². The summed E-state index contributed by atoms with van der Waals surface area (Å²) in [5, 5.41) is 0. The molecule has 4 fully saturated rings. The third kappa shape index (κ3) is 1.47. The maximum Gasteiger partial charge on any atom is 0.0406 e. The van der Waals surface area contributed by atoms with Crippen molar-refractivity contribution in [3.8, 4) is 0 Å². The largest absolute Gasteiger partial charge is 0.261 e. The second-order valence-corrected chi connectivity index (χ2v) is 7.71. The summed E-state index contributed by atoms with van der Waals surface area (Å²) in [4.78, 5) is 4.41. The molecule has 4 saturated carbocycles. The van der Waals surface area contributed by atoms with Gasteiger partial charge >= 0.3 is 0 Å². The first-order valence-corrected chi connectivity index (χ1v) is 8.43. The first kappa shape index (κ1) is 11.5. The fourth-order valence-corrected chi connectivity index (χ4v) is 6.07. The smallest absolute Gasteiger partial charge is 0.0406 e. The van der Waals surface area contributed by atoms with Crippen molar-refractivity contribution in [1.29, 1.82) is 0 Å². The van der Waals surface area contributed by atoms with Crippen molar-refractivity contribution >= 4 is 0 Å². The van der Waals surface area contributed by atoms with Crippen LogP contribution in [-0.4, -0.2) is 4.98 Å². The predicted octanol–water partition coefficient (Wildman–Crippen LogP) is 4.25. The van der Waals surface area contributed by atoms with E-state index in [2.05, 4.69) is 29.3 Å². The highest BCUT2D eigenvalue weighted by atomic mass is 14.8. The Bertz CT molecular complexity index is 546. The molecule has 2 bridgehead atoms. The summed E-state index contributed by atoms with van der Waals surface area (Å²) in [6.45, 7) is 0. The highest BCUT2D eigenvalue weighted by Crippen LogP contribution is 2.82. The molecule has 20 heavy (non-hydrogen) atoms. The van der Waals surface area contributed by atoms with E-state index in [-0.39, 0.29) is 0 Å². The first-order chi connectivity index (χ1) is 9.87. The van der Waals surface area contributed by atoms with Gasteiger partial charge in [-0.1, -0.05) is 18.2 Å². The van der Waals surface area contributed by atoms with Gasteiger partial charge in [0.25, 0.3) is 0 Å². The van der Waals surface area contributed by atoms with Crippen molar-refractivity contribution in [2.75, 3.05) is 0 Å². The summed E-state index contributed by atoms with van der Waals surface area (Å²) in [6.07, 6.45) is 15.5. The van der Waals surface area contributed by atoms with E-state index in [0.717, 1.165) is 47.8 Å². The summed E-state index contributed by atoms with van der Waals surface area (Å²) in [7, 11) is 0.